The zero-order valence-electron chi connectivity index (χ0n) is 6.50. The van der Waals surface area contributed by atoms with Crippen LogP contribution in [0.2, 0.25) is 5.02 Å². The van der Waals surface area contributed by atoms with Crippen molar-refractivity contribution in [3.05, 3.63) is 39.1 Å². The van der Waals surface area contributed by atoms with Crippen molar-refractivity contribution in [3.8, 4) is 11.3 Å². The Labute approximate surface area is 94.0 Å². The average Bonchev–Trinajstić information content (AvgIpc) is 2.61. The summed E-state index contributed by atoms with van der Waals surface area (Å²) in [7, 11) is 0. The minimum absolute atomic E-state index is 0.701. The van der Waals surface area contributed by atoms with Crippen LogP contribution in [0, 0.1) is 3.57 Å². The molecule has 0 aliphatic heterocycles. The summed E-state index contributed by atoms with van der Waals surface area (Å²) in [5, 5.41) is 4.35. The lowest BCUT2D eigenvalue weighted by atomic mass is 10.2. The molecule has 0 unspecified atom stereocenters. The Bertz CT molecular complexity index is 414. The van der Waals surface area contributed by atoms with E-state index in [2.05, 4.69) is 27.7 Å². The normalized spacial score (nSPS) is 10.3. The van der Waals surface area contributed by atoms with Crippen molar-refractivity contribution in [1.82, 2.24) is 5.16 Å². The molecule has 0 saturated heterocycles. The van der Waals surface area contributed by atoms with Crippen LogP contribution in [0.25, 0.3) is 11.3 Å². The second kappa shape index (κ2) is 3.67. The van der Waals surface area contributed by atoms with Crippen LogP contribution in [-0.2, 0) is 0 Å². The Balaban J connectivity index is 2.57. The molecule has 0 saturated carbocycles. The van der Waals surface area contributed by atoms with Crippen LogP contribution < -0.4 is 0 Å². The van der Waals surface area contributed by atoms with Crippen LogP contribution in [0.5, 0.6) is 0 Å². The first kappa shape index (κ1) is 9.02. The molecular formula is C9H5ClINO. The highest BCUT2D eigenvalue weighted by atomic mass is 127. The second-order valence-corrected chi connectivity index (χ2v) is 4.10. The summed E-state index contributed by atoms with van der Waals surface area (Å²) in [6, 6.07) is 7.47. The molecule has 0 N–H and O–H groups in total. The maximum Gasteiger partial charge on any atom is 0.167 e. The Morgan fingerprint density at radius 3 is 2.85 bits per heavy atom. The lowest BCUT2D eigenvalue weighted by molar-refractivity contribution is 0.432. The largest absolute Gasteiger partial charge is 0.356 e. The van der Waals surface area contributed by atoms with Crippen LogP contribution >= 0.6 is 34.2 Å². The van der Waals surface area contributed by atoms with Gasteiger partial charge in [0, 0.05) is 20.2 Å². The topological polar surface area (TPSA) is 26.0 Å². The number of hydrogen-bond acceptors (Lipinski definition) is 2. The van der Waals surface area contributed by atoms with Crippen molar-refractivity contribution in [3.63, 3.8) is 0 Å². The van der Waals surface area contributed by atoms with Crippen LogP contribution in [0.3, 0.4) is 0 Å². The summed E-state index contributed by atoms with van der Waals surface area (Å²) < 4.78 is 6.14. The molecule has 2 rings (SSSR count). The van der Waals surface area contributed by atoms with E-state index >= 15 is 0 Å². The van der Waals surface area contributed by atoms with Crippen LogP contribution in [0.4, 0.5) is 0 Å². The summed E-state index contributed by atoms with van der Waals surface area (Å²) in [5.74, 6) is 0.743. The Hall–Kier alpha value is -0.550. The fourth-order valence-electron chi connectivity index (χ4n) is 1.04. The maximum atomic E-state index is 5.87. The number of rotatable bonds is 1. The molecule has 1 aromatic heterocycles. The molecule has 0 bridgehead atoms. The lowest BCUT2D eigenvalue weighted by Gasteiger charge is -1.99. The first-order valence-electron chi connectivity index (χ1n) is 3.63. The molecule has 0 fully saturated rings. The highest BCUT2D eigenvalue weighted by Crippen LogP contribution is 2.27. The lowest BCUT2D eigenvalue weighted by Crippen LogP contribution is -1.79. The van der Waals surface area contributed by atoms with E-state index in [9.17, 15) is 0 Å². The molecule has 1 heterocycles. The van der Waals surface area contributed by atoms with Crippen molar-refractivity contribution in [1.29, 1.82) is 0 Å². The molecule has 0 aliphatic rings. The standard InChI is InChI=1S/C9H5ClINO/c10-6-1-2-8(11)7(5-6)9-3-4-12-13-9/h1-5H. The molecule has 1 aromatic carbocycles. The van der Waals surface area contributed by atoms with E-state index in [-0.39, 0.29) is 0 Å². The minimum Gasteiger partial charge on any atom is -0.356 e. The Kier molecular flexibility index (Phi) is 2.55. The second-order valence-electron chi connectivity index (χ2n) is 2.50. The SMILES string of the molecule is Clc1ccc(I)c(-c2ccno2)c1. The summed E-state index contributed by atoms with van der Waals surface area (Å²) in [6.45, 7) is 0. The van der Waals surface area contributed by atoms with Crippen molar-refractivity contribution < 1.29 is 4.52 Å². The average molecular weight is 306 g/mol. The van der Waals surface area contributed by atoms with Gasteiger partial charge in [-0.3, -0.25) is 0 Å². The maximum absolute atomic E-state index is 5.87. The summed E-state index contributed by atoms with van der Waals surface area (Å²) in [5.41, 5.74) is 0.977. The van der Waals surface area contributed by atoms with E-state index in [0.717, 1.165) is 14.9 Å². The number of hydrogen-bond donors (Lipinski definition) is 0. The van der Waals surface area contributed by atoms with Gasteiger partial charge in [-0.2, -0.15) is 0 Å². The van der Waals surface area contributed by atoms with Gasteiger partial charge in [-0.15, -0.1) is 0 Å². The van der Waals surface area contributed by atoms with Crippen molar-refractivity contribution >= 4 is 34.2 Å². The van der Waals surface area contributed by atoms with E-state index in [1.165, 1.54) is 0 Å². The monoisotopic (exact) mass is 305 g/mol. The summed E-state index contributed by atoms with van der Waals surface area (Å²) in [4.78, 5) is 0. The van der Waals surface area contributed by atoms with Gasteiger partial charge < -0.3 is 4.52 Å². The van der Waals surface area contributed by atoms with Gasteiger partial charge >= 0.3 is 0 Å². The van der Waals surface area contributed by atoms with Gasteiger partial charge in [0.05, 0.1) is 6.20 Å². The molecule has 13 heavy (non-hydrogen) atoms. The van der Waals surface area contributed by atoms with E-state index in [1.54, 1.807) is 6.20 Å². The molecule has 0 radical (unpaired) electrons. The van der Waals surface area contributed by atoms with Gasteiger partial charge in [0.25, 0.3) is 0 Å². The molecule has 0 spiro atoms. The van der Waals surface area contributed by atoms with Gasteiger partial charge in [0.15, 0.2) is 5.76 Å². The van der Waals surface area contributed by atoms with Gasteiger partial charge in [-0.1, -0.05) is 16.8 Å². The van der Waals surface area contributed by atoms with Gasteiger partial charge in [-0.05, 0) is 40.8 Å². The molecule has 66 valence electrons. The smallest absolute Gasteiger partial charge is 0.167 e. The van der Waals surface area contributed by atoms with E-state index in [4.69, 9.17) is 16.1 Å². The molecule has 2 aromatic rings. The number of nitrogens with zero attached hydrogens (tertiary/aromatic N) is 1. The molecular weight excluding hydrogens is 300 g/mol. The number of halogens is 2. The fraction of sp³-hybridized carbons (Fsp3) is 0. The number of aromatic nitrogens is 1. The van der Waals surface area contributed by atoms with Gasteiger partial charge in [0.1, 0.15) is 0 Å². The predicted molar refractivity (Wildman–Crippen MR) is 59.7 cm³/mol. The third kappa shape index (κ3) is 1.86. The predicted octanol–water partition coefficient (Wildman–Crippen LogP) is 3.60. The number of benzene rings is 1. The molecule has 0 atom stereocenters. The van der Waals surface area contributed by atoms with Gasteiger partial charge in [0.2, 0.25) is 0 Å². The third-order valence-corrected chi connectivity index (χ3v) is 2.81. The fourth-order valence-corrected chi connectivity index (χ4v) is 1.81. The molecule has 0 amide bonds. The van der Waals surface area contributed by atoms with Gasteiger partial charge in [-0.25, -0.2) is 0 Å². The molecule has 2 nitrogen and oxygen atoms in total. The van der Waals surface area contributed by atoms with Crippen molar-refractivity contribution in [2.75, 3.05) is 0 Å². The highest BCUT2D eigenvalue weighted by Gasteiger charge is 2.06. The molecule has 0 aliphatic carbocycles. The zero-order valence-corrected chi connectivity index (χ0v) is 9.41. The van der Waals surface area contributed by atoms with Crippen molar-refractivity contribution in [2.24, 2.45) is 0 Å². The Morgan fingerprint density at radius 2 is 2.15 bits per heavy atom. The summed E-state index contributed by atoms with van der Waals surface area (Å²) >= 11 is 8.10. The summed E-state index contributed by atoms with van der Waals surface area (Å²) in [6.07, 6.45) is 1.62. The highest BCUT2D eigenvalue weighted by molar-refractivity contribution is 14.1. The van der Waals surface area contributed by atoms with Crippen LogP contribution in [0.15, 0.2) is 35.0 Å². The Morgan fingerprint density at radius 1 is 1.31 bits per heavy atom. The van der Waals surface area contributed by atoms with Crippen molar-refractivity contribution in [2.45, 2.75) is 0 Å². The first-order chi connectivity index (χ1) is 6.27. The minimum atomic E-state index is 0.701. The van der Waals surface area contributed by atoms with Crippen LogP contribution in [0.1, 0.15) is 0 Å². The van der Waals surface area contributed by atoms with E-state index in [0.29, 0.717) is 5.02 Å². The van der Waals surface area contributed by atoms with E-state index < -0.39 is 0 Å². The van der Waals surface area contributed by atoms with Crippen LogP contribution in [-0.4, -0.2) is 5.16 Å². The first-order valence-corrected chi connectivity index (χ1v) is 5.09. The third-order valence-electron chi connectivity index (χ3n) is 1.63. The quantitative estimate of drug-likeness (QED) is 0.752. The van der Waals surface area contributed by atoms with E-state index in [1.807, 2.05) is 24.3 Å². The molecule has 4 heteroatoms. The zero-order chi connectivity index (χ0) is 9.26.